The number of methoxy groups -OCH3 is 1. The minimum absolute atomic E-state index is 0.170. The molecule has 0 atom stereocenters. The summed E-state index contributed by atoms with van der Waals surface area (Å²) in [5.41, 5.74) is 3.13. The molecule has 0 saturated heterocycles. The molecule has 1 aliphatic carbocycles. The molecule has 0 unspecified atom stereocenters. The summed E-state index contributed by atoms with van der Waals surface area (Å²) in [6.07, 6.45) is 4.61. The van der Waals surface area contributed by atoms with Crippen molar-refractivity contribution in [2.45, 2.75) is 63.8 Å². The highest BCUT2D eigenvalue weighted by atomic mass is 32.2. The second-order valence-electron chi connectivity index (χ2n) is 8.72. The van der Waals surface area contributed by atoms with Gasteiger partial charge in [0.1, 0.15) is 5.75 Å². The van der Waals surface area contributed by atoms with Crippen LogP contribution in [-0.2, 0) is 14.8 Å². The van der Waals surface area contributed by atoms with E-state index < -0.39 is 10.0 Å². The lowest BCUT2D eigenvalue weighted by Crippen LogP contribution is -2.47. The van der Waals surface area contributed by atoms with Crippen molar-refractivity contribution in [3.63, 3.8) is 0 Å². The Hall–Kier alpha value is -2.38. The van der Waals surface area contributed by atoms with Gasteiger partial charge in [-0.05, 0) is 56.9 Å². The van der Waals surface area contributed by atoms with Crippen LogP contribution in [0.1, 0.15) is 48.8 Å². The molecule has 6 nitrogen and oxygen atoms in total. The van der Waals surface area contributed by atoms with Crippen molar-refractivity contribution in [3.8, 4) is 5.75 Å². The van der Waals surface area contributed by atoms with E-state index in [4.69, 9.17) is 4.74 Å². The molecule has 0 heterocycles. The summed E-state index contributed by atoms with van der Waals surface area (Å²) < 4.78 is 34.5. The standard InChI is InChI=1S/C25H34N2O4S/c1-18-14-19(2)25(20(3)15-18)32(29,30)27(21-10-7-6-8-11-21)17-24(28)26(4)22-12-9-13-23(16-22)31-5/h9,12-16,21H,6-8,10-11,17H2,1-5H3. The van der Waals surface area contributed by atoms with Crippen LogP contribution in [0.4, 0.5) is 5.69 Å². The highest BCUT2D eigenvalue weighted by Crippen LogP contribution is 2.31. The summed E-state index contributed by atoms with van der Waals surface area (Å²) in [6.45, 7) is 5.43. The number of nitrogens with zero attached hydrogens (tertiary/aromatic N) is 2. The highest BCUT2D eigenvalue weighted by molar-refractivity contribution is 7.89. The van der Waals surface area contributed by atoms with Crippen molar-refractivity contribution in [2.24, 2.45) is 0 Å². The van der Waals surface area contributed by atoms with Crippen LogP contribution in [-0.4, -0.2) is 45.4 Å². The van der Waals surface area contributed by atoms with Gasteiger partial charge in [0.15, 0.2) is 0 Å². The van der Waals surface area contributed by atoms with Gasteiger partial charge in [-0.25, -0.2) is 8.42 Å². The lowest BCUT2D eigenvalue weighted by atomic mass is 9.95. The number of likely N-dealkylation sites (N-methyl/N-ethyl adjacent to an activating group) is 1. The SMILES string of the molecule is COc1cccc(N(C)C(=O)CN(C2CCCCC2)S(=O)(=O)c2c(C)cc(C)cc2C)c1. The number of hydrogen-bond donors (Lipinski definition) is 0. The Labute approximate surface area is 192 Å². The average molecular weight is 459 g/mol. The number of rotatable bonds is 7. The fourth-order valence-corrected chi connectivity index (χ4v) is 6.72. The van der Waals surface area contributed by atoms with Gasteiger partial charge < -0.3 is 9.64 Å². The van der Waals surface area contributed by atoms with E-state index in [0.29, 0.717) is 16.3 Å². The predicted molar refractivity (Wildman–Crippen MR) is 128 cm³/mol. The minimum Gasteiger partial charge on any atom is -0.497 e. The van der Waals surface area contributed by atoms with Crippen LogP contribution in [0.25, 0.3) is 0 Å². The van der Waals surface area contributed by atoms with Gasteiger partial charge in [-0.3, -0.25) is 4.79 Å². The first-order chi connectivity index (χ1) is 15.1. The van der Waals surface area contributed by atoms with Crippen LogP contribution >= 0.6 is 0 Å². The zero-order valence-electron chi connectivity index (χ0n) is 19.7. The molecule has 1 amide bonds. The third kappa shape index (κ3) is 5.15. The molecule has 1 aliphatic rings. The molecule has 7 heteroatoms. The summed E-state index contributed by atoms with van der Waals surface area (Å²) in [6, 6.07) is 10.8. The second kappa shape index (κ2) is 10.0. The summed E-state index contributed by atoms with van der Waals surface area (Å²) in [5.74, 6) is 0.375. The molecular weight excluding hydrogens is 424 g/mol. The van der Waals surface area contributed by atoms with Crippen LogP contribution in [0, 0.1) is 20.8 Å². The molecule has 0 spiro atoms. The number of carbonyl (C=O) groups is 1. The van der Waals surface area contributed by atoms with Crippen LogP contribution < -0.4 is 9.64 Å². The molecule has 1 fully saturated rings. The van der Waals surface area contributed by atoms with Crippen LogP contribution in [0.2, 0.25) is 0 Å². The lowest BCUT2D eigenvalue weighted by molar-refractivity contribution is -0.119. The average Bonchev–Trinajstić information content (AvgIpc) is 2.76. The monoisotopic (exact) mass is 458 g/mol. The fourth-order valence-electron chi connectivity index (χ4n) is 4.67. The van der Waals surface area contributed by atoms with Crippen LogP contribution in [0.5, 0.6) is 5.75 Å². The van der Waals surface area contributed by atoms with E-state index in [1.807, 2.05) is 51.1 Å². The molecule has 32 heavy (non-hydrogen) atoms. The number of hydrogen-bond acceptors (Lipinski definition) is 4. The van der Waals surface area contributed by atoms with E-state index in [9.17, 15) is 13.2 Å². The fraction of sp³-hybridized carbons (Fsp3) is 0.480. The first kappa shape index (κ1) is 24.3. The largest absolute Gasteiger partial charge is 0.497 e. The summed E-state index contributed by atoms with van der Waals surface area (Å²) >= 11 is 0. The van der Waals surface area contributed by atoms with E-state index in [2.05, 4.69) is 0 Å². The Balaban J connectivity index is 1.97. The van der Waals surface area contributed by atoms with Crippen LogP contribution in [0.15, 0.2) is 41.3 Å². The first-order valence-electron chi connectivity index (χ1n) is 11.2. The van der Waals surface area contributed by atoms with Crippen molar-refractivity contribution >= 4 is 21.6 Å². The Morgan fingerprint density at radius 3 is 2.25 bits per heavy atom. The maximum Gasteiger partial charge on any atom is 0.244 e. The number of anilines is 1. The van der Waals surface area contributed by atoms with E-state index >= 15 is 0 Å². The Kier molecular flexibility index (Phi) is 7.62. The summed E-state index contributed by atoms with van der Waals surface area (Å²) in [7, 11) is -0.596. The first-order valence-corrected chi connectivity index (χ1v) is 12.6. The molecule has 0 N–H and O–H groups in total. The molecule has 0 aromatic heterocycles. The number of sulfonamides is 1. The number of carbonyl (C=O) groups excluding carboxylic acids is 1. The van der Waals surface area contributed by atoms with Crippen molar-refractivity contribution in [1.29, 1.82) is 0 Å². The zero-order valence-corrected chi connectivity index (χ0v) is 20.5. The zero-order chi connectivity index (χ0) is 23.5. The molecule has 1 saturated carbocycles. The minimum atomic E-state index is -3.84. The van der Waals surface area contributed by atoms with Gasteiger partial charge >= 0.3 is 0 Å². The van der Waals surface area contributed by atoms with E-state index in [1.54, 1.807) is 20.2 Å². The van der Waals surface area contributed by atoms with Crippen molar-refractivity contribution < 1.29 is 17.9 Å². The molecule has 174 valence electrons. The normalized spacial score (nSPS) is 15.1. The molecule has 2 aromatic rings. The van der Waals surface area contributed by atoms with E-state index in [-0.39, 0.29) is 18.5 Å². The molecule has 0 aliphatic heterocycles. The molecule has 0 bridgehead atoms. The molecule has 0 radical (unpaired) electrons. The van der Waals surface area contributed by atoms with Gasteiger partial charge in [0.2, 0.25) is 15.9 Å². The predicted octanol–water partition coefficient (Wildman–Crippen LogP) is 4.61. The summed E-state index contributed by atoms with van der Waals surface area (Å²) in [5, 5.41) is 0. The van der Waals surface area contributed by atoms with Gasteiger partial charge in [-0.15, -0.1) is 0 Å². The van der Waals surface area contributed by atoms with Gasteiger partial charge in [0.25, 0.3) is 0 Å². The third-order valence-corrected chi connectivity index (χ3v) is 8.46. The second-order valence-corrected chi connectivity index (χ2v) is 10.6. The molecular formula is C25H34N2O4S. The van der Waals surface area contributed by atoms with Crippen molar-refractivity contribution in [3.05, 3.63) is 53.1 Å². The van der Waals surface area contributed by atoms with E-state index in [0.717, 1.165) is 48.8 Å². The molecule has 2 aromatic carbocycles. The number of aryl methyl sites for hydroxylation is 3. The number of benzene rings is 2. The Morgan fingerprint density at radius 1 is 1.03 bits per heavy atom. The smallest absolute Gasteiger partial charge is 0.244 e. The van der Waals surface area contributed by atoms with Gasteiger partial charge in [-0.2, -0.15) is 4.31 Å². The maximum absolute atomic E-state index is 13.9. The van der Waals surface area contributed by atoms with Crippen molar-refractivity contribution in [1.82, 2.24) is 4.31 Å². The topological polar surface area (TPSA) is 66.9 Å². The highest BCUT2D eigenvalue weighted by Gasteiger charge is 2.36. The maximum atomic E-state index is 13.9. The number of ether oxygens (including phenoxy) is 1. The Bertz CT molecular complexity index is 1050. The van der Waals surface area contributed by atoms with Gasteiger partial charge in [-0.1, -0.05) is 43.0 Å². The Morgan fingerprint density at radius 2 is 1.66 bits per heavy atom. The summed E-state index contributed by atoms with van der Waals surface area (Å²) in [4.78, 5) is 15.1. The lowest BCUT2D eigenvalue weighted by Gasteiger charge is -2.34. The molecule has 3 rings (SSSR count). The van der Waals surface area contributed by atoms with Crippen molar-refractivity contribution in [2.75, 3.05) is 25.6 Å². The van der Waals surface area contributed by atoms with Gasteiger partial charge in [0, 0.05) is 24.8 Å². The van der Waals surface area contributed by atoms with Crippen LogP contribution in [0.3, 0.4) is 0 Å². The third-order valence-electron chi connectivity index (χ3n) is 6.26. The number of amides is 1. The quantitative estimate of drug-likeness (QED) is 0.608. The van der Waals surface area contributed by atoms with E-state index in [1.165, 1.54) is 9.21 Å². The van der Waals surface area contributed by atoms with Gasteiger partial charge in [0.05, 0.1) is 18.6 Å².